The van der Waals surface area contributed by atoms with Crippen LogP contribution in [-0.4, -0.2) is 28.7 Å². The summed E-state index contributed by atoms with van der Waals surface area (Å²) in [6, 6.07) is 13.8. The molecule has 1 aromatic heterocycles. The zero-order valence-corrected chi connectivity index (χ0v) is 16.9. The quantitative estimate of drug-likeness (QED) is 0.653. The van der Waals surface area contributed by atoms with E-state index in [1.54, 1.807) is 16.3 Å². The molecule has 1 aliphatic rings. The predicted molar refractivity (Wildman–Crippen MR) is 122 cm³/mol. The van der Waals surface area contributed by atoms with Gasteiger partial charge in [0.25, 0.3) is 5.56 Å². The lowest BCUT2D eigenvalue weighted by Crippen LogP contribution is -2.20. The number of thioether (sulfide) groups is 1. The molecule has 6 heteroatoms. The number of nitrogens with two attached hydrogens (primary N) is 1. The molecule has 2 heterocycles. The van der Waals surface area contributed by atoms with Crippen molar-refractivity contribution in [2.24, 2.45) is 10.7 Å². The fourth-order valence-corrected chi connectivity index (χ4v) is 3.88. The van der Waals surface area contributed by atoms with E-state index in [-0.39, 0.29) is 5.56 Å². The SMILES string of the molecule is CSCCn1ccc2ccc(-c3ccc4c(c3)N=C(N)CC(C=O)=C4)cc2c1=O. The van der Waals surface area contributed by atoms with Gasteiger partial charge in [-0.3, -0.25) is 9.59 Å². The van der Waals surface area contributed by atoms with Crippen LogP contribution in [-0.2, 0) is 11.3 Å². The number of amidine groups is 1. The van der Waals surface area contributed by atoms with Crippen molar-refractivity contribution in [2.75, 3.05) is 12.0 Å². The molecule has 29 heavy (non-hydrogen) atoms. The van der Waals surface area contributed by atoms with Gasteiger partial charge in [-0.05, 0) is 47.0 Å². The molecule has 0 saturated heterocycles. The van der Waals surface area contributed by atoms with E-state index in [9.17, 15) is 9.59 Å². The van der Waals surface area contributed by atoms with Gasteiger partial charge in [-0.15, -0.1) is 0 Å². The third-order valence-electron chi connectivity index (χ3n) is 5.02. The summed E-state index contributed by atoms with van der Waals surface area (Å²) < 4.78 is 1.76. The Morgan fingerprint density at radius 3 is 2.76 bits per heavy atom. The molecule has 4 rings (SSSR count). The van der Waals surface area contributed by atoms with Crippen LogP contribution in [0.2, 0.25) is 0 Å². The van der Waals surface area contributed by atoms with Gasteiger partial charge in [0.05, 0.1) is 5.69 Å². The molecular weight excluding hydrogens is 382 g/mol. The molecule has 0 fully saturated rings. The second-order valence-corrected chi connectivity index (χ2v) is 7.99. The van der Waals surface area contributed by atoms with Crippen molar-refractivity contribution in [3.05, 3.63) is 70.2 Å². The zero-order valence-electron chi connectivity index (χ0n) is 16.1. The van der Waals surface area contributed by atoms with Crippen LogP contribution < -0.4 is 11.3 Å². The van der Waals surface area contributed by atoms with Crippen LogP contribution in [0.25, 0.3) is 28.0 Å². The molecule has 0 atom stereocenters. The second-order valence-electron chi connectivity index (χ2n) is 7.00. The van der Waals surface area contributed by atoms with Gasteiger partial charge in [-0.1, -0.05) is 24.3 Å². The highest BCUT2D eigenvalue weighted by molar-refractivity contribution is 7.98. The maximum absolute atomic E-state index is 12.9. The molecule has 0 unspecified atom stereocenters. The van der Waals surface area contributed by atoms with E-state index in [1.807, 2.05) is 61.0 Å². The van der Waals surface area contributed by atoms with Gasteiger partial charge in [0.15, 0.2) is 0 Å². The van der Waals surface area contributed by atoms with E-state index >= 15 is 0 Å². The largest absolute Gasteiger partial charge is 0.387 e. The van der Waals surface area contributed by atoms with E-state index in [4.69, 9.17) is 5.73 Å². The van der Waals surface area contributed by atoms with Crippen LogP contribution in [0.1, 0.15) is 12.0 Å². The van der Waals surface area contributed by atoms with E-state index in [0.717, 1.165) is 39.8 Å². The lowest BCUT2D eigenvalue weighted by Gasteiger charge is -2.09. The number of carbonyl (C=O) groups excluding carboxylic acids is 1. The third kappa shape index (κ3) is 3.89. The van der Waals surface area contributed by atoms with E-state index < -0.39 is 0 Å². The Kier molecular flexibility index (Phi) is 5.36. The molecule has 2 aromatic carbocycles. The van der Waals surface area contributed by atoms with Crippen LogP contribution in [0.3, 0.4) is 0 Å². The van der Waals surface area contributed by atoms with Crippen LogP contribution >= 0.6 is 11.8 Å². The summed E-state index contributed by atoms with van der Waals surface area (Å²) in [6.07, 6.45) is 6.87. The van der Waals surface area contributed by atoms with Crippen LogP contribution in [0, 0.1) is 0 Å². The van der Waals surface area contributed by atoms with Crippen LogP contribution in [0.4, 0.5) is 5.69 Å². The third-order valence-corrected chi connectivity index (χ3v) is 5.61. The number of aldehydes is 1. The predicted octanol–water partition coefficient (Wildman–Crippen LogP) is 4.01. The fourth-order valence-electron chi connectivity index (χ4n) is 3.50. The number of rotatable bonds is 5. The average molecular weight is 404 g/mol. The molecule has 146 valence electrons. The molecular formula is C23H21N3O2S. The van der Waals surface area contributed by atoms with Crippen molar-refractivity contribution < 1.29 is 4.79 Å². The Hall–Kier alpha value is -3.12. The summed E-state index contributed by atoms with van der Waals surface area (Å²) in [5, 5.41) is 1.63. The number of carbonyl (C=O) groups is 1. The van der Waals surface area contributed by atoms with Crippen LogP contribution in [0.15, 0.2) is 64.0 Å². The van der Waals surface area contributed by atoms with E-state index in [1.165, 1.54) is 0 Å². The summed E-state index contributed by atoms with van der Waals surface area (Å²) in [7, 11) is 0. The minimum atomic E-state index is 0.0222. The van der Waals surface area contributed by atoms with Gasteiger partial charge >= 0.3 is 0 Å². The first-order valence-corrected chi connectivity index (χ1v) is 10.7. The standard InChI is InChI=1S/C23H21N3O2S/c1-29-9-8-26-7-6-16-2-3-17(12-20(16)23(26)28)18-4-5-19-10-15(14-27)11-22(24)25-21(19)13-18/h2-7,10,12-14H,8-9,11H2,1H3,(H2,24,25). The minimum Gasteiger partial charge on any atom is -0.387 e. The number of hydrogen-bond acceptors (Lipinski definition) is 5. The topological polar surface area (TPSA) is 77.5 Å². The Morgan fingerprint density at radius 2 is 1.97 bits per heavy atom. The number of aromatic nitrogens is 1. The van der Waals surface area contributed by atoms with Gasteiger partial charge in [0, 0.05) is 41.4 Å². The van der Waals surface area contributed by atoms with Crippen molar-refractivity contribution in [3.8, 4) is 11.1 Å². The second kappa shape index (κ2) is 8.09. The lowest BCUT2D eigenvalue weighted by molar-refractivity contribution is -0.104. The number of fused-ring (bicyclic) bond motifs is 2. The molecule has 0 saturated carbocycles. The van der Waals surface area contributed by atoms with Gasteiger partial charge in [0.2, 0.25) is 0 Å². The van der Waals surface area contributed by atoms with Gasteiger partial charge in [-0.25, -0.2) is 4.99 Å². The first kappa shape index (κ1) is 19.2. The monoisotopic (exact) mass is 403 g/mol. The Balaban J connectivity index is 1.80. The molecule has 2 N–H and O–H groups in total. The van der Waals surface area contributed by atoms with Crippen molar-refractivity contribution in [3.63, 3.8) is 0 Å². The van der Waals surface area contributed by atoms with Gasteiger partial charge < -0.3 is 10.3 Å². The van der Waals surface area contributed by atoms with Crippen molar-refractivity contribution >= 4 is 46.4 Å². The molecule has 0 aliphatic carbocycles. The molecule has 3 aromatic rings. The van der Waals surface area contributed by atoms with E-state index in [0.29, 0.717) is 29.8 Å². The van der Waals surface area contributed by atoms with Crippen molar-refractivity contribution in [1.82, 2.24) is 4.57 Å². The minimum absolute atomic E-state index is 0.0222. The normalized spacial score (nSPS) is 13.4. The Morgan fingerprint density at radius 1 is 1.17 bits per heavy atom. The molecule has 5 nitrogen and oxygen atoms in total. The van der Waals surface area contributed by atoms with Crippen molar-refractivity contribution in [2.45, 2.75) is 13.0 Å². The fraction of sp³-hybridized carbons (Fsp3) is 0.174. The maximum Gasteiger partial charge on any atom is 0.258 e. The number of aliphatic imine (C=N–C) groups is 1. The molecule has 0 spiro atoms. The molecule has 0 amide bonds. The van der Waals surface area contributed by atoms with Crippen molar-refractivity contribution in [1.29, 1.82) is 0 Å². The highest BCUT2D eigenvalue weighted by Crippen LogP contribution is 2.32. The molecule has 0 radical (unpaired) electrons. The summed E-state index contributed by atoms with van der Waals surface area (Å²) in [6.45, 7) is 0.693. The zero-order chi connectivity index (χ0) is 20.4. The molecule has 1 aliphatic heterocycles. The number of nitrogens with zero attached hydrogens (tertiary/aromatic N) is 2. The first-order chi connectivity index (χ1) is 14.1. The number of hydrogen-bond donors (Lipinski definition) is 1. The van der Waals surface area contributed by atoms with Gasteiger partial charge in [-0.2, -0.15) is 11.8 Å². The Bertz CT molecular complexity index is 1220. The number of aryl methyl sites for hydroxylation is 1. The first-order valence-electron chi connectivity index (χ1n) is 9.34. The lowest BCUT2D eigenvalue weighted by atomic mass is 9.99. The number of benzene rings is 2. The number of pyridine rings is 1. The summed E-state index contributed by atoms with van der Waals surface area (Å²) in [5.74, 6) is 1.31. The smallest absolute Gasteiger partial charge is 0.258 e. The van der Waals surface area contributed by atoms with Crippen LogP contribution in [0.5, 0.6) is 0 Å². The summed E-state index contributed by atoms with van der Waals surface area (Å²) in [4.78, 5) is 28.5. The highest BCUT2D eigenvalue weighted by Gasteiger charge is 2.12. The maximum atomic E-state index is 12.9. The average Bonchev–Trinajstić information content (AvgIpc) is 2.90. The van der Waals surface area contributed by atoms with E-state index in [2.05, 4.69) is 4.99 Å². The summed E-state index contributed by atoms with van der Waals surface area (Å²) >= 11 is 1.72. The highest BCUT2D eigenvalue weighted by atomic mass is 32.2. The molecule has 0 bridgehead atoms. The summed E-state index contributed by atoms with van der Waals surface area (Å²) in [5.41, 5.74) is 10.1. The Labute approximate surface area is 173 Å². The van der Waals surface area contributed by atoms with Gasteiger partial charge in [0.1, 0.15) is 12.1 Å².